The van der Waals surface area contributed by atoms with Crippen molar-refractivity contribution in [2.75, 3.05) is 32.8 Å². The van der Waals surface area contributed by atoms with E-state index in [1.807, 2.05) is 23.9 Å². The molecule has 2 aliphatic rings. The Morgan fingerprint density at radius 2 is 2.08 bits per heavy atom. The van der Waals surface area contributed by atoms with Crippen molar-refractivity contribution < 1.29 is 9.53 Å². The van der Waals surface area contributed by atoms with Crippen molar-refractivity contribution in [1.29, 1.82) is 0 Å². The van der Waals surface area contributed by atoms with E-state index in [4.69, 9.17) is 4.74 Å². The highest BCUT2D eigenvalue weighted by molar-refractivity contribution is 5.85. The maximum atomic E-state index is 13.1. The molecule has 1 amide bonds. The molecular weight excluding hydrogens is 340 g/mol. The normalized spacial score (nSPS) is 21.0. The van der Waals surface area contributed by atoms with Gasteiger partial charge in [0.15, 0.2) is 0 Å². The van der Waals surface area contributed by atoms with Gasteiger partial charge in [-0.25, -0.2) is 0 Å². The number of nitrogens with one attached hydrogen (secondary N) is 2. The van der Waals surface area contributed by atoms with E-state index in [1.165, 1.54) is 19.3 Å². The number of halogens is 1. The van der Waals surface area contributed by atoms with Crippen LogP contribution in [0.15, 0.2) is 18.5 Å². The lowest BCUT2D eigenvalue weighted by molar-refractivity contribution is -0.133. The number of carbonyl (C=O) groups excluding carboxylic acids is 1. The summed E-state index contributed by atoms with van der Waals surface area (Å²) in [5, 5.41) is 11.0. The van der Waals surface area contributed by atoms with Crippen molar-refractivity contribution in [2.24, 2.45) is 5.41 Å². The number of ether oxygens (including phenoxy) is 1. The molecule has 1 aliphatic heterocycles. The highest BCUT2D eigenvalue weighted by atomic mass is 35.5. The Kier molecular flexibility index (Phi) is 7.28. The first kappa shape index (κ1) is 20.2. The van der Waals surface area contributed by atoms with Crippen LogP contribution in [-0.4, -0.2) is 48.5 Å². The Balaban J connectivity index is 0.00000225. The van der Waals surface area contributed by atoms with Crippen LogP contribution in [0, 0.1) is 5.41 Å². The summed E-state index contributed by atoms with van der Waals surface area (Å²) in [7, 11) is 0. The minimum absolute atomic E-state index is 0. The average Bonchev–Trinajstić information content (AvgIpc) is 3.12. The molecular formula is C18H31ClN4O2. The Labute approximate surface area is 156 Å². The summed E-state index contributed by atoms with van der Waals surface area (Å²) in [6.45, 7) is 6.04. The molecule has 3 rings (SSSR count). The maximum Gasteiger partial charge on any atom is 0.248 e. The van der Waals surface area contributed by atoms with Crippen LogP contribution in [0.2, 0.25) is 0 Å². The molecule has 1 aromatic heterocycles. The Hall–Kier alpha value is -1.11. The van der Waals surface area contributed by atoms with Crippen molar-refractivity contribution in [3.8, 4) is 0 Å². The molecule has 0 aromatic carbocycles. The minimum Gasteiger partial charge on any atom is -0.382 e. The van der Waals surface area contributed by atoms with Gasteiger partial charge >= 0.3 is 0 Å². The number of nitrogens with zero attached hydrogens (tertiary/aromatic N) is 2. The van der Waals surface area contributed by atoms with Gasteiger partial charge in [0.1, 0.15) is 5.54 Å². The molecule has 1 saturated heterocycles. The first-order valence-corrected chi connectivity index (χ1v) is 9.28. The van der Waals surface area contributed by atoms with Gasteiger partial charge in [-0.05, 0) is 63.6 Å². The molecule has 1 aromatic rings. The molecule has 0 bridgehead atoms. The van der Waals surface area contributed by atoms with Crippen molar-refractivity contribution in [3.05, 3.63) is 18.5 Å². The van der Waals surface area contributed by atoms with E-state index in [0.717, 1.165) is 52.1 Å². The molecule has 6 nitrogen and oxygen atoms in total. The van der Waals surface area contributed by atoms with Gasteiger partial charge in [0.2, 0.25) is 5.91 Å². The number of hydrogen-bond acceptors (Lipinski definition) is 4. The quantitative estimate of drug-likeness (QED) is 0.687. The van der Waals surface area contributed by atoms with E-state index in [1.54, 1.807) is 6.20 Å². The van der Waals surface area contributed by atoms with Gasteiger partial charge in [-0.15, -0.1) is 12.4 Å². The van der Waals surface area contributed by atoms with Crippen molar-refractivity contribution in [2.45, 2.75) is 51.0 Å². The number of amides is 1. The SMILES string of the molecule is CCOCCC1(CNC(=O)C2(n3cccn3)CCNCC2)CCC1.Cl. The third kappa shape index (κ3) is 4.36. The number of hydrogen-bond donors (Lipinski definition) is 2. The smallest absolute Gasteiger partial charge is 0.248 e. The third-order valence-corrected chi connectivity index (χ3v) is 5.82. The van der Waals surface area contributed by atoms with E-state index in [0.29, 0.717) is 0 Å². The summed E-state index contributed by atoms with van der Waals surface area (Å²) < 4.78 is 7.39. The predicted octanol–water partition coefficient (Wildman–Crippen LogP) is 2.10. The van der Waals surface area contributed by atoms with Crippen LogP contribution in [0.1, 0.15) is 45.4 Å². The zero-order chi connectivity index (χ0) is 16.9. The topological polar surface area (TPSA) is 68.2 Å². The second-order valence-corrected chi connectivity index (χ2v) is 7.22. The summed E-state index contributed by atoms with van der Waals surface area (Å²) in [5.41, 5.74) is -0.303. The molecule has 0 radical (unpaired) electrons. The van der Waals surface area contributed by atoms with Crippen molar-refractivity contribution >= 4 is 18.3 Å². The zero-order valence-corrected chi connectivity index (χ0v) is 15.9. The second-order valence-electron chi connectivity index (χ2n) is 7.22. The van der Waals surface area contributed by atoms with Gasteiger partial charge < -0.3 is 15.4 Å². The molecule has 142 valence electrons. The largest absolute Gasteiger partial charge is 0.382 e. The van der Waals surface area contributed by atoms with E-state index in [-0.39, 0.29) is 23.7 Å². The van der Waals surface area contributed by atoms with Gasteiger partial charge in [-0.3, -0.25) is 9.48 Å². The third-order valence-electron chi connectivity index (χ3n) is 5.82. The highest BCUT2D eigenvalue weighted by Crippen LogP contribution is 2.43. The van der Waals surface area contributed by atoms with Gasteiger partial charge in [0.05, 0.1) is 0 Å². The molecule has 0 unspecified atom stereocenters. The molecule has 25 heavy (non-hydrogen) atoms. The van der Waals surface area contributed by atoms with E-state index in [9.17, 15) is 4.79 Å². The van der Waals surface area contributed by atoms with Gasteiger partial charge in [0.25, 0.3) is 0 Å². The molecule has 1 aliphatic carbocycles. The highest BCUT2D eigenvalue weighted by Gasteiger charge is 2.44. The number of aromatic nitrogens is 2. The Morgan fingerprint density at radius 1 is 1.32 bits per heavy atom. The molecule has 7 heteroatoms. The van der Waals surface area contributed by atoms with Crippen LogP contribution in [-0.2, 0) is 15.1 Å². The lowest BCUT2D eigenvalue weighted by atomic mass is 9.66. The summed E-state index contributed by atoms with van der Waals surface area (Å²) in [4.78, 5) is 13.1. The fraction of sp³-hybridized carbons (Fsp3) is 0.778. The van der Waals surface area contributed by atoms with E-state index < -0.39 is 5.54 Å². The van der Waals surface area contributed by atoms with Crippen LogP contribution in [0.4, 0.5) is 0 Å². The average molecular weight is 371 g/mol. The second kappa shape index (κ2) is 9.01. The summed E-state index contributed by atoms with van der Waals surface area (Å²) in [6, 6.07) is 1.90. The van der Waals surface area contributed by atoms with Gasteiger partial charge in [-0.1, -0.05) is 6.42 Å². The summed E-state index contributed by atoms with van der Waals surface area (Å²) in [5.74, 6) is 0.121. The van der Waals surface area contributed by atoms with Crippen molar-refractivity contribution in [3.63, 3.8) is 0 Å². The maximum absolute atomic E-state index is 13.1. The molecule has 2 fully saturated rings. The summed E-state index contributed by atoms with van der Waals surface area (Å²) in [6.07, 6.45) is 9.92. The fourth-order valence-corrected chi connectivity index (χ4v) is 3.98. The van der Waals surface area contributed by atoms with Crippen LogP contribution >= 0.6 is 12.4 Å². The molecule has 1 saturated carbocycles. The van der Waals surface area contributed by atoms with Gasteiger partial charge in [0, 0.05) is 32.2 Å². The standard InChI is InChI=1S/C18H30N4O2.ClH/c1-2-24-14-9-17(5-3-6-17)15-20-16(23)18(7-11-19-12-8-18)22-13-4-10-21-22;/h4,10,13,19H,2-3,5-9,11-12,14-15H2,1H3,(H,20,23);1H. The minimum atomic E-state index is -0.542. The van der Waals surface area contributed by atoms with E-state index >= 15 is 0 Å². The lowest BCUT2D eigenvalue weighted by Gasteiger charge is -2.43. The fourth-order valence-electron chi connectivity index (χ4n) is 3.98. The summed E-state index contributed by atoms with van der Waals surface area (Å²) >= 11 is 0. The molecule has 0 spiro atoms. The van der Waals surface area contributed by atoms with Crippen LogP contribution in [0.25, 0.3) is 0 Å². The first-order chi connectivity index (χ1) is 11.7. The lowest BCUT2D eigenvalue weighted by Crippen LogP contribution is -2.56. The first-order valence-electron chi connectivity index (χ1n) is 9.28. The van der Waals surface area contributed by atoms with Crippen molar-refractivity contribution in [1.82, 2.24) is 20.4 Å². The van der Waals surface area contributed by atoms with Crippen LogP contribution in [0.5, 0.6) is 0 Å². The predicted molar refractivity (Wildman–Crippen MR) is 100.0 cm³/mol. The van der Waals surface area contributed by atoms with Gasteiger partial charge in [-0.2, -0.15) is 5.10 Å². The van der Waals surface area contributed by atoms with Crippen LogP contribution < -0.4 is 10.6 Å². The molecule has 2 N–H and O–H groups in total. The Morgan fingerprint density at radius 3 is 2.64 bits per heavy atom. The molecule has 2 heterocycles. The number of carbonyl (C=O) groups is 1. The number of piperidine rings is 1. The van der Waals surface area contributed by atoms with E-state index in [2.05, 4.69) is 15.7 Å². The van der Waals surface area contributed by atoms with Crippen LogP contribution in [0.3, 0.4) is 0 Å². The monoisotopic (exact) mass is 370 g/mol. The zero-order valence-electron chi connectivity index (χ0n) is 15.1. The number of rotatable bonds is 8. The molecule has 0 atom stereocenters. The Bertz CT molecular complexity index is 525.